The Labute approximate surface area is 155 Å². The fourth-order valence-electron chi connectivity index (χ4n) is 2.72. The van der Waals surface area contributed by atoms with Crippen molar-refractivity contribution in [2.24, 2.45) is 0 Å². The maximum Gasteiger partial charge on any atom is 0.193 e. The van der Waals surface area contributed by atoms with Gasteiger partial charge in [-0.25, -0.2) is 0 Å². The summed E-state index contributed by atoms with van der Waals surface area (Å²) in [6.45, 7) is 0.445. The zero-order valence-corrected chi connectivity index (χ0v) is 14.6. The average Bonchev–Trinajstić information content (AvgIpc) is 2.68. The first-order chi connectivity index (χ1) is 12.7. The number of ether oxygens (including phenoxy) is 1. The van der Waals surface area contributed by atoms with Gasteiger partial charge in [-0.15, -0.1) is 0 Å². The molecule has 26 heavy (non-hydrogen) atoms. The summed E-state index contributed by atoms with van der Waals surface area (Å²) >= 11 is 5.91. The minimum Gasteiger partial charge on any atom is -0.489 e. The summed E-state index contributed by atoms with van der Waals surface area (Å²) in [7, 11) is 0. The third kappa shape index (κ3) is 3.48. The Kier molecular flexibility index (Phi) is 4.46. The van der Waals surface area contributed by atoms with Gasteiger partial charge in [0.15, 0.2) is 5.43 Å². The highest BCUT2D eigenvalue weighted by Crippen LogP contribution is 2.26. The van der Waals surface area contributed by atoms with Gasteiger partial charge in [0.1, 0.15) is 23.7 Å². The molecule has 0 fully saturated rings. The van der Waals surface area contributed by atoms with Gasteiger partial charge in [0.05, 0.1) is 5.39 Å². The van der Waals surface area contributed by atoms with Gasteiger partial charge in [-0.2, -0.15) is 0 Å². The van der Waals surface area contributed by atoms with Crippen LogP contribution in [0.4, 0.5) is 0 Å². The molecule has 1 heterocycles. The molecule has 0 aliphatic carbocycles. The van der Waals surface area contributed by atoms with Crippen LogP contribution in [0.3, 0.4) is 0 Å². The van der Waals surface area contributed by atoms with Gasteiger partial charge in [0.25, 0.3) is 0 Å². The minimum absolute atomic E-state index is 0.110. The summed E-state index contributed by atoms with van der Waals surface area (Å²) in [5.41, 5.74) is 2.28. The summed E-state index contributed by atoms with van der Waals surface area (Å²) < 4.78 is 11.7. The standard InChI is InChI=1S/C22H15ClO3/c23-17-8-6-16(7-9-17)22-13-20(24)19-12-18(10-11-21(19)26-22)25-14-15-4-2-1-3-5-15/h1-13H,14H2. The second kappa shape index (κ2) is 7.06. The Morgan fingerprint density at radius 3 is 2.42 bits per heavy atom. The van der Waals surface area contributed by atoms with E-state index in [1.807, 2.05) is 42.5 Å². The molecule has 0 unspecified atom stereocenters. The van der Waals surface area contributed by atoms with E-state index >= 15 is 0 Å². The highest BCUT2D eigenvalue weighted by atomic mass is 35.5. The maximum absolute atomic E-state index is 12.5. The van der Waals surface area contributed by atoms with Crippen molar-refractivity contribution >= 4 is 22.6 Å². The molecule has 128 valence electrons. The van der Waals surface area contributed by atoms with Crippen molar-refractivity contribution in [3.05, 3.63) is 99.7 Å². The zero-order valence-electron chi connectivity index (χ0n) is 13.8. The van der Waals surface area contributed by atoms with E-state index in [9.17, 15) is 4.79 Å². The van der Waals surface area contributed by atoms with E-state index < -0.39 is 0 Å². The smallest absolute Gasteiger partial charge is 0.193 e. The minimum atomic E-state index is -0.110. The van der Waals surface area contributed by atoms with Gasteiger partial charge in [-0.3, -0.25) is 4.79 Å². The molecule has 0 spiro atoms. The topological polar surface area (TPSA) is 39.4 Å². The molecule has 4 aromatic rings. The Morgan fingerprint density at radius 2 is 1.65 bits per heavy atom. The average molecular weight is 363 g/mol. The Balaban J connectivity index is 1.64. The first-order valence-electron chi connectivity index (χ1n) is 8.20. The number of hydrogen-bond donors (Lipinski definition) is 0. The van der Waals surface area contributed by atoms with Crippen molar-refractivity contribution in [1.82, 2.24) is 0 Å². The molecule has 0 saturated heterocycles. The molecular formula is C22H15ClO3. The highest BCUT2D eigenvalue weighted by Gasteiger charge is 2.08. The second-order valence-corrected chi connectivity index (χ2v) is 6.35. The largest absolute Gasteiger partial charge is 0.489 e. The van der Waals surface area contributed by atoms with Gasteiger partial charge in [0.2, 0.25) is 0 Å². The monoisotopic (exact) mass is 362 g/mol. The van der Waals surface area contributed by atoms with E-state index in [2.05, 4.69) is 0 Å². The van der Waals surface area contributed by atoms with Crippen molar-refractivity contribution in [1.29, 1.82) is 0 Å². The van der Waals surface area contributed by atoms with Gasteiger partial charge in [0, 0.05) is 16.7 Å². The molecule has 0 radical (unpaired) electrons. The lowest BCUT2D eigenvalue weighted by Gasteiger charge is -2.08. The van der Waals surface area contributed by atoms with Gasteiger partial charge in [-0.05, 0) is 48.0 Å². The number of rotatable bonds is 4. The van der Waals surface area contributed by atoms with Crippen molar-refractivity contribution in [2.45, 2.75) is 6.61 Å². The molecule has 4 rings (SSSR count). The quantitative estimate of drug-likeness (QED) is 0.468. The molecule has 0 saturated carbocycles. The predicted molar refractivity (Wildman–Crippen MR) is 104 cm³/mol. The van der Waals surface area contributed by atoms with Crippen molar-refractivity contribution in [3.8, 4) is 17.1 Å². The molecule has 0 aliphatic rings. The van der Waals surface area contributed by atoms with Gasteiger partial charge in [-0.1, -0.05) is 41.9 Å². The molecule has 0 bridgehead atoms. The number of benzene rings is 3. The van der Waals surface area contributed by atoms with Crippen LogP contribution < -0.4 is 10.2 Å². The normalized spacial score (nSPS) is 10.8. The fraction of sp³-hybridized carbons (Fsp3) is 0.0455. The van der Waals surface area contributed by atoms with E-state index in [0.29, 0.717) is 34.1 Å². The second-order valence-electron chi connectivity index (χ2n) is 5.91. The molecule has 3 nitrogen and oxygen atoms in total. The Hall–Kier alpha value is -3.04. The van der Waals surface area contributed by atoms with E-state index in [0.717, 1.165) is 11.1 Å². The van der Waals surface area contributed by atoms with Crippen LogP contribution in [0, 0.1) is 0 Å². The first kappa shape index (κ1) is 16.4. The van der Waals surface area contributed by atoms with Crippen LogP contribution in [0.15, 0.2) is 88.1 Å². The predicted octanol–water partition coefficient (Wildman–Crippen LogP) is 5.69. The lowest BCUT2D eigenvalue weighted by atomic mass is 10.1. The third-order valence-electron chi connectivity index (χ3n) is 4.08. The number of halogens is 1. The van der Waals surface area contributed by atoms with Crippen molar-refractivity contribution in [2.75, 3.05) is 0 Å². The molecule has 0 N–H and O–H groups in total. The summed E-state index contributed by atoms with van der Waals surface area (Å²) in [4.78, 5) is 12.5. The van der Waals surface area contributed by atoms with Crippen LogP contribution in [-0.2, 0) is 6.61 Å². The van der Waals surface area contributed by atoms with Gasteiger partial charge < -0.3 is 9.15 Å². The zero-order chi connectivity index (χ0) is 17.9. The first-order valence-corrected chi connectivity index (χ1v) is 8.57. The van der Waals surface area contributed by atoms with Crippen LogP contribution in [0.1, 0.15) is 5.56 Å². The molecule has 0 amide bonds. The van der Waals surface area contributed by atoms with Crippen LogP contribution in [0.5, 0.6) is 5.75 Å². The highest BCUT2D eigenvalue weighted by molar-refractivity contribution is 6.30. The van der Waals surface area contributed by atoms with Crippen molar-refractivity contribution < 1.29 is 9.15 Å². The van der Waals surface area contributed by atoms with Gasteiger partial charge >= 0.3 is 0 Å². The van der Waals surface area contributed by atoms with Crippen LogP contribution in [0.25, 0.3) is 22.3 Å². The molecule has 4 heteroatoms. The lowest BCUT2D eigenvalue weighted by molar-refractivity contribution is 0.306. The lowest BCUT2D eigenvalue weighted by Crippen LogP contribution is -2.01. The Morgan fingerprint density at radius 1 is 0.885 bits per heavy atom. The number of hydrogen-bond acceptors (Lipinski definition) is 3. The van der Waals surface area contributed by atoms with E-state index in [1.54, 1.807) is 30.3 Å². The van der Waals surface area contributed by atoms with E-state index in [4.69, 9.17) is 20.8 Å². The molecule has 1 aromatic heterocycles. The summed E-state index contributed by atoms with van der Waals surface area (Å²) in [6, 6.07) is 23.8. The molecule has 0 aliphatic heterocycles. The number of fused-ring (bicyclic) bond motifs is 1. The van der Waals surface area contributed by atoms with Crippen LogP contribution >= 0.6 is 11.6 Å². The summed E-state index contributed by atoms with van der Waals surface area (Å²) in [6.07, 6.45) is 0. The third-order valence-corrected chi connectivity index (χ3v) is 4.33. The molecule has 3 aromatic carbocycles. The van der Waals surface area contributed by atoms with Crippen LogP contribution in [-0.4, -0.2) is 0 Å². The fourth-order valence-corrected chi connectivity index (χ4v) is 2.85. The van der Waals surface area contributed by atoms with Crippen molar-refractivity contribution in [3.63, 3.8) is 0 Å². The van der Waals surface area contributed by atoms with Crippen LogP contribution in [0.2, 0.25) is 5.02 Å². The SMILES string of the molecule is O=c1cc(-c2ccc(Cl)cc2)oc2ccc(OCc3ccccc3)cc12. The maximum atomic E-state index is 12.5. The van der Waals surface area contributed by atoms with E-state index in [-0.39, 0.29) is 5.43 Å². The summed E-state index contributed by atoms with van der Waals surface area (Å²) in [5.74, 6) is 1.14. The Bertz CT molecular complexity index is 1100. The van der Waals surface area contributed by atoms with E-state index in [1.165, 1.54) is 6.07 Å². The molecular weight excluding hydrogens is 348 g/mol. The summed E-state index contributed by atoms with van der Waals surface area (Å²) in [5, 5.41) is 1.13. The molecule has 0 atom stereocenters.